The Labute approximate surface area is 136 Å². The monoisotopic (exact) mass is 332 g/mol. The number of benzene rings is 1. The highest BCUT2D eigenvalue weighted by Gasteiger charge is 2.36. The van der Waals surface area contributed by atoms with Crippen LogP contribution in [0.3, 0.4) is 0 Å². The summed E-state index contributed by atoms with van der Waals surface area (Å²) in [6, 6.07) is 5.22. The minimum Gasteiger partial charge on any atom is -0.510 e. The number of thioether (sulfide) groups is 1. The summed E-state index contributed by atoms with van der Waals surface area (Å²) < 4.78 is 12.9. The molecule has 0 aromatic heterocycles. The van der Waals surface area contributed by atoms with Crippen LogP contribution in [0.4, 0.5) is 4.39 Å². The number of allylic oxidation sites excluding steroid dienone is 1. The summed E-state index contributed by atoms with van der Waals surface area (Å²) >= 11 is 1.28. The van der Waals surface area contributed by atoms with Gasteiger partial charge in [0.15, 0.2) is 0 Å². The number of nitrogens with one attached hydrogen (secondary N) is 1. The standard InChI is InChI=1S/C16H13FN2O3S/c1-8(9-2-4-10(17)5-3-9)18-15(21)12-13(20)14-11(6-7-23-14)19-16(12)22/h2-8,14,20H,1H3,(H,18,21). The van der Waals surface area contributed by atoms with Gasteiger partial charge in [0.2, 0.25) is 0 Å². The number of aliphatic hydroxyl groups excluding tert-OH is 1. The zero-order valence-corrected chi connectivity index (χ0v) is 12.9. The molecule has 7 heteroatoms. The molecule has 2 atom stereocenters. The van der Waals surface area contributed by atoms with Crippen molar-refractivity contribution in [3.05, 3.63) is 58.5 Å². The Morgan fingerprint density at radius 2 is 2.09 bits per heavy atom. The third kappa shape index (κ3) is 2.92. The molecule has 2 unspecified atom stereocenters. The van der Waals surface area contributed by atoms with Crippen LogP contribution in [-0.2, 0) is 9.59 Å². The second-order valence-corrected chi connectivity index (χ2v) is 6.18. The number of amides is 2. The quantitative estimate of drug-likeness (QED) is 0.833. The van der Waals surface area contributed by atoms with E-state index in [-0.39, 0.29) is 17.1 Å². The van der Waals surface area contributed by atoms with Crippen molar-refractivity contribution in [2.45, 2.75) is 18.2 Å². The molecule has 0 bridgehead atoms. The van der Waals surface area contributed by atoms with Crippen molar-refractivity contribution in [1.82, 2.24) is 5.32 Å². The summed E-state index contributed by atoms with van der Waals surface area (Å²) in [5, 5.41) is 14.0. The predicted molar refractivity (Wildman–Crippen MR) is 85.6 cm³/mol. The van der Waals surface area contributed by atoms with E-state index in [2.05, 4.69) is 10.3 Å². The number of rotatable bonds is 3. The van der Waals surface area contributed by atoms with E-state index < -0.39 is 23.1 Å². The summed E-state index contributed by atoms with van der Waals surface area (Å²) in [5.41, 5.74) is 0.786. The van der Waals surface area contributed by atoms with Crippen molar-refractivity contribution in [1.29, 1.82) is 0 Å². The van der Waals surface area contributed by atoms with Gasteiger partial charge in [0.25, 0.3) is 11.8 Å². The van der Waals surface area contributed by atoms with Gasteiger partial charge in [0, 0.05) is 0 Å². The minimum absolute atomic E-state index is 0.279. The van der Waals surface area contributed by atoms with Crippen molar-refractivity contribution < 1.29 is 19.1 Å². The van der Waals surface area contributed by atoms with Gasteiger partial charge in [-0.1, -0.05) is 12.1 Å². The van der Waals surface area contributed by atoms with Crippen LogP contribution in [0, 0.1) is 5.82 Å². The summed E-state index contributed by atoms with van der Waals surface area (Å²) in [7, 11) is 0. The number of carbonyl (C=O) groups excluding carboxylic acids is 2. The number of carbonyl (C=O) groups is 2. The molecule has 1 aromatic rings. The van der Waals surface area contributed by atoms with Gasteiger partial charge in [-0.3, -0.25) is 9.59 Å². The number of fused-ring (bicyclic) bond motifs is 1. The SMILES string of the molecule is CC(NC(=O)C1=C(O)C2SC=CC2=NC1=O)c1ccc(F)cc1. The van der Waals surface area contributed by atoms with Crippen molar-refractivity contribution in [2.75, 3.05) is 0 Å². The van der Waals surface area contributed by atoms with Crippen LogP contribution in [0.1, 0.15) is 18.5 Å². The normalized spacial score (nSPS) is 21.0. The minimum atomic E-state index is -0.760. The average molecular weight is 332 g/mol. The van der Waals surface area contributed by atoms with Crippen LogP contribution in [0.15, 0.2) is 52.1 Å². The molecule has 5 nitrogen and oxygen atoms in total. The van der Waals surface area contributed by atoms with Gasteiger partial charge >= 0.3 is 0 Å². The van der Waals surface area contributed by atoms with Crippen molar-refractivity contribution in [2.24, 2.45) is 4.99 Å². The molecule has 0 spiro atoms. The van der Waals surface area contributed by atoms with E-state index in [1.807, 2.05) is 0 Å². The molecule has 2 amide bonds. The number of nitrogens with zero attached hydrogens (tertiary/aromatic N) is 1. The molecular weight excluding hydrogens is 319 g/mol. The predicted octanol–water partition coefficient (Wildman–Crippen LogP) is 2.43. The van der Waals surface area contributed by atoms with Gasteiger partial charge in [-0.15, -0.1) is 11.8 Å². The zero-order chi connectivity index (χ0) is 16.6. The molecule has 23 heavy (non-hydrogen) atoms. The number of dihydropyridines is 1. The second-order valence-electron chi connectivity index (χ2n) is 5.17. The van der Waals surface area contributed by atoms with E-state index in [1.54, 1.807) is 30.5 Å². The first-order chi connectivity index (χ1) is 11.0. The Kier molecular flexibility index (Phi) is 4.04. The van der Waals surface area contributed by atoms with Crippen LogP contribution < -0.4 is 5.32 Å². The third-order valence-corrected chi connectivity index (χ3v) is 4.65. The van der Waals surface area contributed by atoms with Crippen LogP contribution in [0.25, 0.3) is 0 Å². The molecule has 0 saturated heterocycles. The maximum atomic E-state index is 12.9. The summed E-state index contributed by atoms with van der Waals surface area (Å²) in [4.78, 5) is 28.2. The number of aliphatic hydroxyl groups is 1. The number of hydrogen-bond acceptors (Lipinski definition) is 4. The number of hydrogen-bond donors (Lipinski definition) is 2. The van der Waals surface area contributed by atoms with Crippen LogP contribution >= 0.6 is 11.8 Å². The molecule has 2 aliphatic rings. The molecule has 0 radical (unpaired) electrons. The van der Waals surface area contributed by atoms with E-state index in [4.69, 9.17) is 0 Å². The Morgan fingerprint density at radius 1 is 1.39 bits per heavy atom. The number of aliphatic imine (C=N–C) groups is 1. The largest absolute Gasteiger partial charge is 0.510 e. The lowest BCUT2D eigenvalue weighted by molar-refractivity contribution is -0.122. The number of halogens is 1. The molecule has 3 rings (SSSR count). The first-order valence-corrected chi connectivity index (χ1v) is 7.86. The fourth-order valence-corrected chi connectivity index (χ4v) is 3.27. The maximum Gasteiger partial charge on any atom is 0.286 e. The Balaban J connectivity index is 1.79. The lowest BCUT2D eigenvalue weighted by atomic mass is 10.0. The second kappa shape index (κ2) is 6.00. The van der Waals surface area contributed by atoms with Crippen LogP contribution in [0.2, 0.25) is 0 Å². The van der Waals surface area contributed by atoms with Crippen molar-refractivity contribution in [3.63, 3.8) is 0 Å². The van der Waals surface area contributed by atoms with Gasteiger partial charge in [0.1, 0.15) is 22.4 Å². The smallest absolute Gasteiger partial charge is 0.286 e. The first kappa shape index (κ1) is 15.5. The molecule has 2 heterocycles. The van der Waals surface area contributed by atoms with E-state index >= 15 is 0 Å². The highest BCUT2D eigenvalue weighted by molar-refractivity contribution is 8.04. The molecule has 1 aromatic carbocycles. The molecule has 0 aliphatic carbocycles. The molecule has 118 valence electrons. The highest BCUT2D eigenvalue weighted by Crippen LogP contribution is 2.32. The molecule has 0 fully saturated rings. The maximum absolute atomic E-state index is 12.9. The van der Waals surface area contributed by atoms with Gasteiger partial charge in [0.05, 0.1) is 11.8 Å². The molecule has 0 saturated carbocycles. The molecule has 2 N–H and O–H groups in total. The zero-order valence-electron chi connectivity index (χ0n) is 12.1. The van der Waals surface area contributed by atoms with E-state index in [0.29, 0.717) is 11.3 Å². The Morgan fingerprint density at radius 3 is 2.78 bits per heavy atom. The first-order valence-electron chi connectivity index (χ1n) is 6.91. The third-order valence-electron chi connectivity index (χ3n) is 3.62. The molecular formula is C16H13FN2O3S. The topological polar surface area (TPSA) is 78.8 Å². The average Bonchev–Trinajstić information content (AvgIpc) is 2.96. The van der Waals surface area contributed by atoms with Gasteiger partial charge in [-0.2, -0.15) is 0 Å². The van der Waals surface area contributed by atoms with E-state index in [9.17, 15) is 19.1 Å². The highest BCUT2D eigenvalue weighted by atomic mass is 32.2. The van der Waals surface area contributed by atoms with Gasteiger partial charge < -0.3 is 10.4 Å². The van der Waals surface area contributed by atoms with Crippen molar-refractivity contribution in [3.8, 4) is 0 Å². The van der Waals surface area contributed by atoms with Crippen molar-refractivity contribution >= 4 is 29.3 Å². The Bertz CT molecular complexity index is 768. The molecule has 2 aliphatic heterocycles. The van der Waals surface area contributed by atoms with E-state index in [1.165, 1.54) is 23.9 Å². The summed E-state index contributed by atoms with van der Waals surface area (Å²) in [6.45, 7) is 1.70. The van der Waals surface area contributed by atoms with Gasteiger partial charge in [-0.05, 0) is 36.1 Å². The lowest BCUT2D eigenvalue weighted by Gasteiger charge is -2.20. The fraction of sp³-hybridized carbons (Fsp3) is 0.188. The van der Waals surface area contributed by atoms with E-state index in [0.717, 1.165) is 0 Å². The van der Waals surface area contributed by atoms with Gasteiger partial charge in [-0.25, -0.2) is 9.38 Å². The Hall–Kier alpha value is -2.41. The van der Waals surface area contributed by atoms with Crippen LogP contribution in [0.5, 0.6) is 0 Å². The fourth-order valence-electron chi connectivity index (χ4n) is 2.38. The summed E-state index contributed by atoms with van der Waals surface area (Å²) in [6.07, 6.45) is 1.64. The summed E-state index contributed by atoms with van der Waals surface area (Å²) in [5.74, 6) is -2.11. The lowest BCUT2D eigenvalue weighted by Crippen LogP contribution is -2.35. The van der Waals surface area contributed by atoms with Crippen LogP contribution in [-0.4, -0.2) is 27.9 Å².